The molecule has 2 aliphatic heterocycles. The molecule has 278 valence electrons. The number of sulfonamides is 2. The summed E-state index contributed by atoms with van der Waals surface area (Å²) in [5, 5.41) is 0. The minimum absolute atomic E-state index is 0.143. The van der Waals surface area contributed by atoms with Gasteiger partial charge in [-0.3, -0.25) is 14.3 Å². The van der Waals surface area contributed by atoms with E-state index in [4.69, 9.17) is 9.47 Å². The highest BCUT2D eigenvalue weighted by Crippen LogP contribution is 2.50. The minimum Gasteiger partial charge on any atom is -0.453 e. The molecule has 0 aromatic heterocycles. The Balaban J connectivity index is 1.43. The minimum atomic E-state index is -4.88. The Morgan fingerprint density at radius 3 is 1.42 bits per heavy atom. The molecule has 2 heterocycles. The lowest BCUT2D eigenvalue weighted by Gasteiger charge is -2.36. The number of nitrogens with one attached hydrogen (secondary N) is 2. The average Bonchev–Trinajstić information content (AvgIpc) is 3.05. The van der Waals surface area contributed by atoms with Gasteiger partial charge in [0.15, 0.2) is 11.5 Å². The zero-order chi connectivity index (χ0) is 37.6. The fourth-order valence-corrected chi connectivity index (χ4v) is 7.19. The highest BCUT2D eigenvalue weighted by Gasteiger charge is 2.36. The van der Waals surface area contributed by atoms with E-state index in [2.05, 4.69) is 4.90 Å². The van der Waals surface area contributed by atoms with Crippen LogP contribution in [-0.4, -0.2) is 73.6 Å². The number of nitrogens with zero attached hydrogens (tertiary/aromatic N) is 2. The zero-order valence-electron chi connectivity index (χ0n) is 27.6. The molecule has 0 unspecified atom stereocenters. The second kappa shape index (κ2) is 13.8. The summed E-state index contributed by atoms with van der Waals surface area (Å²) in [4.78, 5) is 4.05. The Labute approximate surface area is 296 Å². The predicted octanol–water partition coefficient (Wildman–Crippen LogP) is 7.38. The van der Waals surface area contributed by atoms with Crippen molar-refractivity contribution in [3.8, 4) is 33.8 Å². The van der Waals surface area contributed by atoms with Crippen molar-refractivity contribution in [2.75, 3.05) is 66.2 Å². The van der Waals surface area contributed by atoms with Gasteiger partial charge in [0, 0.05) is 26.2 Å². The third kappa shape index (κ3) is 8.57. The summed E-state index contributed by atoms with van der Waals surface area (Å²) in [6.45, 7) is 3.26. The van der Waals surface area contributed by atoms with Crippen LogP contribution in [-0.2, 0) is 37.1 Å². The summed E-state index contributed by atoms with van der Waals surface area (Å²) in [5.74, 6) is 0.765. The van der Waals surface area contributed by atoms with E-state index in [1.54, 1.807) is 36.4 Å². The third-order valence-electron chi connectivity index (χ3n) is 8.37. The first-order valence-corrected chi connectivity index (χ1v) is 19.5. The van der Waals surface area contributed by atoms with Crippen LogP contribution in [0.3, 0.4) is 0 Å². The molecule has 4 aromatic rings. The van der Waals surface area contributed by atoms with Crippen molar-refractivity contribution in [1.82, 2.24) is 4.90 Å². The lowest BCUT2D eigenvalue weighted by molar-refractivity contribution is -0.137. The van der Waals surface area contributed by atoms with Gasteiger partial charge < -0.3 is 14.4 Å². The molecule has 0 bridgehead atoms. The summed E-state index contributed by atoms with van der Waals surface area (Å²) in [7, 11) is -8.02. The van der Waals surface area contributed by atoms with Gasteiger partial charge in [0.2, 0.25) is 20.0 Å². The molecule has 1 saturated heterocycles. The number of anilines is 4. The molecular formula is C34H32F6N4O6S2. The van der Waals surface area contributed by atoms with Gasteiger partial charge in [-0.15, -0.1) is 0 Å². The molecule has 0 radical (unpaired) electrons. The van der Waals surface area contributed by atoms with E-state index in [9.17, 15) is 43.2 Å². The molecule has 0 aliphatic carbocycles. The predicted molar refractivity (Wildman–Crippen MR) is 185 cm³/mol. The maximum Gasteiger partial charge on any atom is 0.418 e. The molecule has 2 N–H and O–H groups in total. The van der Waals surface area contributed by atoms with Crippen molar-refractivity contribution >= 4 is 42.8 Å². The SMILES string of the molecule is CS(=O)(=O)Nc1ccc(-c2ccc3c(c2)N(CCN2CCOCC2)c2cc(-c4ccc(NS(C)(=O)=O)c(C(F)(F)F)c4)ccc2O3)cc1C(F)(F)F. The second-order valence-corrected chi connectivity index (χ2v) is 15.8. The van der Waals surface area contributed by atoms with Gasteiger partial charge in [0.1, 0.15) is 0 Å². The Morgan fingerprint density at radius 2 is 1.02 bits per heavy atom. The van der Waals surface area contributed by atoms with E-state index in [0.29, 0.717) is 73.4 Å². The lowest BCUT2D eigenvalue weighted by atomic mass is 9.98. The molecule has 0 atom stereocenters. The molecule has 52 heavy (non-hydrogen) atoms. The maximum absolute atomic E-state index is 14.1. The van der Waals surface area contributed by atoms with E-state index in [1.165, 1.54) is 12.1 Å². The van der Waals surface area contributed by atoms with Crippen LogP contribution in [0.25, 0.3) is 22.3 Å². The van der Waals surface area contributed by atoms with Crippen LogP contribution >= 0.6 is 0 Å². The van der Waals surface area contributed by atoms with Gasteiger partial charge in [-0.1, -0.05) is 24.3 Å². The quantitative estimate of drug-likeness (QED) is 0.170. The van der Waals surface area contributed by atoms with E-state index in [1.807, 2.05) is 14.3 Å². The molecule has 18 heteroatoms. The fourth-order valence-electron chi connectivity index (χ4n) is 6.04. The first-order valence-electron chi connectivity index (χ1n) is 15.7. The van der Waals surface area contributed by atoms with Crippen molar-refractivity contribution in [3.05, 3.63) is 83.9 Å². The summed E-state index contributed by atoms with van der Waals surface area (Å²) in [5.41, 5.74) is -1.65. The van der Waals surface area contributed by atoms with Crippen molar-refractivity contribution in [2.24, 2.45) is 0 Å². The first-order chi connectivity index (χ1) is 24.2. The number of morpholine rings is 1. The molecule has 4 aromatic carbocycles. The average molecular weight is 771 g/mol. The monoisotopic (exact) mass is 770 g/mol. The molecule has 1 fully saturated rings. The topological polar surface area (TPSA) is 117 Å². The van der Waals surface area contributed by atoms with E-state index in [0.717, 1.165) is 36.8 Å². The van der Waals surface area contributed by atoms with Crippen molar-refractivity contribution in [3.63, 3.8) is 0 Å². The number of alkyl halides is 6. The van der Waals surface area contributed by atoms with E-state index >= 15 is 0 Å². The largest absolute Gasteiger partial charge is 0.453 e. The van der Waals surface area contributed by atoms with E-state index in [-0.39, 0.29) is 11.1 Å². The summed E-state index contributed by atoms with van der Waals surface area (Å²) in [6, 6.07) is 16.1. The van der Waals surface area contributed by atoms with Crippen LogP contribution in [0.4, 0.5) is 49.1 Å². The van der Waals surface area contributed by atoms with Crippen LogP contribution < -0.4 is 19.1 Å². The van der Waals surface area contributed by atoms with Crippen molar-refractivity contribution in [1.29, 1.82) is 0 Å². The van der Waals surface area contributed by atoms with Gasteiger partial charge in [-0.25, -0.2) is 16.8 Å². The number of hydrogen-bond donors (Lipinski definition) is 2. The van der Waals surface area contributed by atoms with E-state index < -0.39 is 54.9 Å². The van der Waals surface area contributed by atoms with Gasteiger partial charge in [-0.05, 0) is 70.8 Å². The standard InChI is InChI=1S/C34H32F6N4O6S2/c1-51(45,46)41-27-7-3-21(17-25(27)33(35,36)37)23-5-9-31-29(19-23)44(12-11-43-13-15-49-16-14-43)30-20-24(6-10-32(30)50-31)22-4-8-28(42-52(2,47)48)26(18-22)34(38,39)40/h3-10,17-20,41-42H,11-16H2,1-2H3. The Hall–Kier alpha value is -4.52. The van der Waals surface area contributed by atoms with Gasteiger partial charge in [0.25, 0.3) is 0 Å². The normalized spacial score (nSPS) is 15.4. The van der Waals surface area contributed by atoms with Crippen LogP contribution in [0, 0.1) is 0 Å². The highest BCUT2D eigenvalue weighted by atomic mass is 32.2. The number of benzene rings is 4. The van der Waals surface area contributed by atoms with Crippen molar-refractivity contribution < 1.29 is 52.7 Å². The van der Waals surface area contributed by atoms with Crippen LogP contribution in [0.5, 0.6) is 11.5 Å². The van der Waals surface area contributed by atoms with Gasteiger partial charge in [0.05, 0.1) is 59.6 Å². The number of halogens is 6. The Morgan fingerprint density at radius 1 is 0.615 bits per heavy atom. The zero-order valence-corrected chi connectivity index (χ0v) is 29.2. The first kappa shape index (κ1) is 37.2. The number of rotatable bonds is 9. The molecule has 10 nitrogen and oxygen atoms in total. The molecule has 6 rings (SSSR count). The maximum atomic E-state index is 14.1. The summed E-state index contributed by atoms with van der Waals surface area (Å²) < 4.78 is 147. The van der Waals surface area contributed by atoms with Gasteiger partial charge >= 0.3 is 12.4 Å². The number of hydrogen-bond acceptors (Lipinski definition) is 8. The van der Waals surface area contributed by atoms with Crippen molar-refractivity contribution in [2.45, 2.75) is 12.4 Å². The number of ether oxygens (including phenoxy) is 2. The van der Waals surface area contributed by atoms with Crippen LogP contribution in [0.15, 0.2) is 72.8 Å². The highest BCUT2D eigenvalue weighted by molar-refractivity contribution is 7.92. The third-order valence-corrected chi connectivity index (χ3v) is 9.55. The van der Waals surface area contributed by atoms with Crippen LogP contribution in [0.2, 0.25) is 0 Å². The Bertz CT molecular complexity index is 2080. The molecule has 0 saturated carbocycles. The smallest absolute Gasteiger partial charge is 0.418 e. The summed E-state index contributed by atoms with van der Waals surface area (Å²) in [6.07, 6.45) is -8.27. The van der Waals surface area contributed by atoms with Gasteiger partial charge in [-0.2, -0.15) is 26.3 Å². The molecule has 0 amide bonds. The molecule has 2 aliphatic rings. The Kier molecular flexibility index (Phi) is 9.88. The second-order valence-electron chi connectivity index (χ2n) is 12.3. The molecular weight excluding hydrogens is 739 g/mol. The molecule has 0 spiro atoms. The number of fused-ring (bicyclic) bond motifs is 2. The summed E-state index contributed by atoms with van der Waals surface area (Å²) >= 11 is 0. The fraction of sp³-hybridized carbons (Fsp3) is 0.294. The lowest BCUT2D eigenvalue weighted by Crippen LogP contribution is -2.41. The van der Waals surface area contributed by atoms with Crippen LogP contribution in [0.1, 0.15) is 11.1 Å².